The second-order valence-electron chi connectivity index (χ2n) is 6.25. The van der Waals surface area contributed by atoms with Crippen LogP contribution in [0.25, 0.3) is 0 Å². The first kappa shape index (κ1) is 12.7. The molecule has 100 valence electrons. The Morgan fingerprint density at radius 3 is 2.63 bits per heavy atom. The van der Waals surface area contributed by atoms with Crippen LogP contribution in [-0.4, -0.2) is 5.78 Å². The maximum atomic E-state index is 12.5. The van der Waals surface area contributed by atoms with Crippen molar-refractivity contribution in [3.8, 4) is 0 Å². The number of ketones is 1. The molecule has 0 aromatic heterocycles. The molecule has 0 N–H and O–H groups in total. The van der Waals surface area contributed by atoms with Crippen molar-refractivity contribution >= 4 is 5.78 Å². The molecule has 1 heteroatoms. The first-order chi connectivity index (χ1) is 9.24. The summed E-state index contributed by atoms with van der Waals surface area (Å²) in [5.41, 5.74) is 3.19. The predicted molar refractivity (Wildman–Crippen MR) is 78.3 cm³/mol. The van der Waals surface area contributed by atoms with E-state index in [2.05, 4.69) is 19.1 Å². The molecular weight excluding hydrogens is 232 g/mol. The molecule has 0 atom stereocenters. The molecule has 1 aromatic rings. The maximum Gasteiger partial charge on any atom is 0.188 e. The molecule has 1 saturated carbocycles. The Morgan fingerprint density at radius 2 is 1.84 bits per heavy atom. The summed E-state index contributed by atoms with van der Waals surface area (Å²) in [6.45, 7) is 2.34. The quantitative estimate of drug-likeness (QED) is 0.755. The molecule has 0 bridgehead atoms. The molecule has 19 heavy (non-hydrogen) atoms. The van der Waals surface area contributed by atoms with Crippen LogP contribution >= 0.6 is 0 Å². The van der Waals surface area contributed by atoms with Gasteiger partial charge in [-0.15, -0.1) is 0 Å². The van der Waals surface area contributed by atoms with Gasteiger partial charge in [-0.2, -0.15) is 0 Å². The van der Waals surface area contributed by atoms with E-state index < -0.39 is 0 Å². The fourth-order valence-corrected chi connectivity index (χ4v) is 3.44. The van der Waals surface area contributed by atoms with Crippen LogP contribution in [0.3, 0.4) is 0 Å². The van der Waals surface area contributed by atoms with E-state index in [4.69, 9.17) is 0 Å². The van der Waals surface area contributed by atoms with Crippen LogP contribution in [0.5, 0.6) is 0 Å². The lowest BCUT2D eigenvalue weighted by atomic mass is 9.77. The van der Waals surface area contributed by atoms with Crippen molar-refractivity contribution in [2.45, 2.75) is 45.4 Å². The SMILES string of the molecule is CC1CCC(CC2=CCc3ccccc3C2=O)CC1. The smallest absolute Gasteiger partial charge is 0.188 e. The van der Waals surface area contributed by atoms with Crippen molar-refractivity contribution in [1.29, 1.82) is 0 Å². The summed E-state index contributed by atoms with van der Waals surface area (Å²) < 4.78 is 0. The van der Waals surface area contributed by atoms with E-state index >= 15 is 0 Å². The molecule has 0 unspecified atom stereocenters. The van der Waals surface area contributed by atoms with E-state index in [0.717, 1.165) is 35.8 Å². The van der Waals surface area contributed by atoms with E-state index in [9.17, 15) is 4.79 Å². The minimum Gasteiger partial charge on any atom is -0.289 e. The van der Waals surface area contributed by atoms with Gasteiger partial charge in [-0.05, 0) is 48.7 Å². The normalized spacial score (nSPS) is 26.8. The number of hydrogen-bond acceptors (Lipinski definition) is 1. The lowest BCUT2D eigenvalue weighted by Crippen LogP contribution is -2.18. The highest BCUT2D eigenvalue weighted by Gasteiger charge is 2.24. The number of carbonyl (C=O) groups excluding carboxylic acids is 1. The summed E-state index contributed by atoms with van der Waals surface area (Å²) in [6.07, 6.45) is 9.37. The summed E-state index contributed by atoms with van der Waals surface area (Å²) in [5.74, 6) is 1.89. The van der Waals surface area contributed by atoms with Crippen molar-refractivity contribution in [1.82, 2.24) is 0 Å². The van der Waals surface area contributed by atoms with Gasteiger partial charge in [0.05, 0.1) is 0 Å². The number of allylic oxidation sites excluding steroid dienone is 2. The van der Waals surface area contributed by atoms with Gasteiger partial charge in [0.15, 0.2) is 5.78 Å². The zero-order chi connectivity index (χ0) is 13.2. The zero-order valence-electron chi connectivity index (χ0n) is 11.7. The van der Waals surface area contributed by atoms with Crippen LogP contribution in [0, 0.1) is 11.8 Å². The van der Waals surface area contributed by atoms with E-state index in [1.807, 2.05) is 18.2 Å². The number of benzene rings is 1. The zero-order valence-corrected chi connectivity index (χ0v) is 11.7. The Bertz CT molecular complexity index is 504. The number of Topliss-reactive ketones (excluding diaryl/α,β-unsaturated/α-hetero) is 1. The highest BCUT2D eigenvalue weighted by Crippen LogP contribution is 2.34. The van der Waals surface area contributed by atoms with Gasteiger partial charge in [-0.3, -0.25) is 4.79 Å². The van der Waals surface area contributed by atoms with Gasteiger partial charge in [0, 0.05) is 5.56 Å². The average molecular weight is 254 g/mol. The Kier molecular flexibility index (Phi) is 3.54. The lowest BCUT2D eigenvalue weighted by Gasteiger charge is -2.27. The van der Waals surface area contributed by atoms with Crippen molar-refractivity contribution in [3.63, 3.8) is 0 Å². The monoisotopic (exact) mass is 254 g/mol. The minimum atomic E-state index is 0.278. The number of hydrogen-bond donors (Lipinski definition) is 0. The molecular formula is C18H22O. The van der Waals surface area contributed by atoms with Gasteiger partial charge >= 0.3 is 0 Å². The highest BCUT2D eigenvalue weighted by molar-refractivity contribution is 6.10. The van der Waals surface area contributed by atoms with Crippen LogP contribution in [0.15, 0.2) is 35.9 Å². The molecule has 0 radical (unpaired) electrons. The Morgan fingerprint density at radius 1 is 1.11 bits per heavy atom. The summed E-state index contributed by atoms with van der Waals surface area (Å²) >= 11 is 0. The second-order valence-corrected chi connectivity index (χ2v) is 6.25. The molecule has 2 aliphatic rings. The summed E-state index contributed by atoms with van der Waals surface area (Å²) in [5, 5.41) is 0. The molecule has 0 amide bonds. The van der Waals surface area contributed by atoms with E-state index in [1.54, 1.807) is 0 Å². The fraction of sp³-hybridized carbons (Fsp3) is 0.500. The maximum absolute atomic E-state index is 12.5. The van der Waals surface area contributed by atoms with Crippen LogP contribution in [0.2, 0.25) is 0 Å². The number of carbonyl (C=O) groups is 1. The predicted octanol–water partition coefficient (Wildman–Crippen LogP) is 4.57. The first-order valence-corrected chi connectivity index (χ1v) is 7.55. The van der Waals surface area contributed by atoms with Crippen LogP contribution in [0.1, 0.15) is 54.9 Å². The van der Waals surface area contributed by atoms with Gasteiger partial charge in [0.2, 0.25) is 0 Å². The highest BCUT2D eigenvalue weighted by atomic mass is 16.1. The second kappa shape index (κ2) is 5.32. The molecule has 1 nitrogen and oxygen atoms in total. The average Bonchev–Trinajstić information content (AvgIpc) is 2.45. The fourth-order valence-electron chi connectivity index (χ4n) is 3.44. The molecule has 0 heterocycles. The van der Waals surface area contributed by atoms with Gasteiger partial charge in [0.1, 0.15) is 0 Å². The summed E-state index contributed by atoms with van der Waals surface area (Å²) in [7, 11) is 0. The van der Waals surface area contributed by atoms with Crippen molar-refractivity contribution in [3.05, 3.63) is 47.0 Å². The molecule has 0 aliphatic heterocycles. The number of fused-ring (bicyclic) bond motifs is 1. The molecule has 0 saturated heterocycles. The van der Waals surface area contributed by atoms with Crippen molar-refractivity contribution < 1.29 is 4.79 Å². The van der Waals surface area contributed by atoms with Crippen LogP contribution in [-0.2, 0) is 6.42 Å². The van der Waals surface area contributed by atoms with Gasteiger partial charge in [-0.25, -0.2) is 0 Å². The van der Waals surface area contributed by atoms with Gasteiger partial charge in [0.25, 0.3) is 0 Å². The van der Waals surface area contributed by atoms with Crippen LogP contribution in [0.4, 0.5) is 0 Å². The third-order valence-electron chi connectivity index (χ3n) is 4.77. The van der Waals surface area contributed by atoms with E-state index in [1.165, 1.54) is 31.2 Å². The van der Waals surface area contributed by atoms with E-state index in [-0.39, 0.29) is 5.78 Å². The lowest BCUT2D eigenvalue weighted by molar-refractivity contribution is 0.102. The van der Waals surface area contributed by atoms with Gasteiger partial charge < -0.3 is 0 Å². The summed E-state index contributed by atoms with van der Waals surface area (Å²) in [4.78, 5) is 12.5. The molecule has 1 aromatic carbocycles. The summed E-state index contributed by atoms with van der Waals surface area (Å²) in [6, 6.07) is 8.05. The standard InChI is InChI=1S/C18H22O/c1-13-6-8-14(9-7-13)12-16-11-10-15-4-2-3-5-17(15)18(16)19/h2-5,11,13-14H,6-10,12H2,1H3. The Labute approximate surface area is 115 Å². The molecule has 3 rings (SSSR count). The third kappa shape index (κ3) is 2.65. The first-order valence-electron chi connectivity index (χ1n) is 7.55. The van der Waals surface area contributed by atoms with Crippen molar-refractivity contribution in [2.75, 3.05) is 0 Å². The van der Waals surface area contributed by atoms with E-state index in [0.29, 0.717) is 0 Å². The number of rotatable bonds is 2. The Balaban J connectivity index is 1.70. The molecule has 1 fully saturated rings. The topological polar surface area (TPSA) is 17.1 Å². The largest absolute Gasteiger partial charge is 0.289 e. The molecule has 2 aliphatic carbocycles. The van der Waals surface area contributed by atoms with Gasteiger partial charge in [-0.1, -0.05) is 50.1 Å². The molecule has 0 spiro atoms. The van der Waals surface area contributed by atoms with Crippen LogP contribution < -0.4 is 0 Å². The third-order valence-corrected chi connectivity index (χ3v) is 4.77. The van der Waals surface area contributed by atoms with Crippen molar-refractivity contribution in [2.24, 2.45) is 11.8 Å². The Hall–Kier alpha value is -1.37. The minimum absolute atomic E-state index is 0.278.